The second kappa shape index (κ2) is 6.99. The number of aromatic nitrogens is 2. The molecule has 5 rings (SSSR count). The monoisotopic (exact) mass is 421 g/mol. The third-order valence-electron chi connectivity index (χ3n) is 6.79. The molecule has 1 saturated heterocycles. The van der Waals surface area contributed by atoms with Crippen molar-refractivity contribution in [3.05, 3.63) is 71.4 Å². The summed E-state index contributed by atoms with van der Waals surface area (Å²) in [6.45, 7) is 6.21. The van der Waals surface area contributed by atoms with Crippen LogP contribution in [0.1, 0.15) is 37.3 Å². The van der Waals surface area contributed by atoms with Crippen LogP contribution in [0.2, 0.25) is 0 Å². The van der Waals surface area contributed by atoms with Crippen molar-refractivity contribution in [2.45, 2.75) is 32.2 Å². The number of benzene rings is 2. The van der Waals surface area contributed by atoms with Gasteiger partial charge in [0.1, 0.15) is 5.82 Å². The normalized spacial score (nSPS) is 22.8. The van der Waals surface area contributed by atoms with E-state index in [0.29, 0.717) is 24.8 Å². The summed E-state index contributed by atoms with van der Waals surface area (Å²) in [4.78, 5) is 17.8. The summed E-state index contributed by atoms with van der Waals surface area (Å²) in [5.41, 5.74) is 2.51. The summed E-state index contributed by atoms with van der Waals surface area (Å²) >= 11 is 0. The number of likely N-dealkylation sites (tertiary alicyclic amines) is 1. The molecule has 3 aromatic rings. The molecule has 1 aromatic heterocycles. The van der Waals surface area contributed by atoms with Crippen LogP contribution in [0.4, 0.5) is 4.39 Å². The van der Waals surface area contributed by atoms with Gasteiger partial charge in [-0.2, -0.15) is 4.98 Å². The van der Waals surface area contributed by atoms with Crippen molar-refractivity contribution in [1.29, 1.82) is 0 Å². The largest absolute Gasteiger partial charge is 0.481 e. The van der Waals surface area contributed by atoms with Crippen LogP contribution in [0, 0.1) is 17.2 Å². The van der Waals surface area contributed by atoms with Gasteiger partial charge in [0.25, 0.3) is 0 Å². The number of rotatable bonds is 6. The molecule has 1 N–H and O–H groups in total. The van der Waals surface area contributed by atoms with Crippen LogP contribution < -0.4 is 0 Å². The zero-order valence-electron chi connectivity index (χ0n) is 17.5. The average Bonchev–Trinajstić information content (AvgIpc) is 3.06. The molecule has 31 heavy (non-hydrogen) atoms. The molecule has 6 nitrogen and oxygen atoms in total. The first-order chi connectivity index (χ1) is 14.8. The van der Waals surface area contributed by atoms with Crippen molar-refractivity contribution in [3.63, 3.8) is 0 Å². The maximum atomic E-state index is 13.4. The minimum Gasteiger partial charge on any atom is -0.481 e. The smallest absolute Gasteiger partial charge is 0.309 e. The number of hydrogen-bond donors (Lipinski definition) is 1. The maximum Gasteiger partial charge on any atom is 0.309 e. The van der Waals surface area contributed by atoms with Gasteiger partial charge in [-0.3, -0.25) is 9.69 Å². The van der Waals surface area contributed by atoms with E-state index >= 15 is 0 Å². The third-order valence-corrected chi connectivity index (χ3v) is 6.79. The van der Waals surface area contributed by atoms with Gasteiger partial charge in [-0.05, 0) is 35.1 Å². The van der Waals surface area contributed by atoms with Gasteiger partial charge in [0, 0.05) is 25.2 Å². The van der Waals surface area contributed by atoms with E-state index in [9.17, 15) is 9.18 Å². The molecule has 2 heterocycles. The Morgan fingerprint density at radius 3 is 2.39 bits per heavy atom. The highest BCUT2D eigenvalue weighted by molar-refractivity contribution is 5.71. The first kappa shape index (κ1) is 19.9. The molecule has 2 aliphatic rings. The first-order valence-electron chi connectivity index (χ1n) is 10.4. The van der Waals surface area contributed by atoms with Gasteiger partial charge in [-0.15, -0.1) is 0 Å². The topological polar surface area (TPSA) is 79.5 Å². The molecule has 0 radical (unpaired) electrons. The van der Waals surface area contributed by atoms with E-state index < -0.39 is 11.4 Å². The zero-order valence-corrected chi connectivity index (χ0v) is 17.5. The predicted octanol–water partition coefficient (Wildman–Crippen LogP) is 4.11. The molecule has 1 aliphatic carbocycles. The Kier molecular flexibility index (Phi) is 4.48. The Bertz CT molecular complexity index is 1120. The number of halogens is 1. The number of nitrogens with zero attached hydrogens (tertiary/aromatic N) is 3. The van der Waals surface area contributed by atoms with Crippen molar-refractivity contribution in [1.82, 2.24) is 15.0 Å². The summed E-state index contributed by atoms with van der Waals surface area (Å²) in [6.07, 6.45) is 0.860. The van der Waals surface area contributed by atoms with Crippen molar-refractivity contribution in [3.8, 4) is 11.4 Å². The molecule has 2 aromatic carbocycles. The van der Waals surface area contributed by atoms with Crippen LogP contribution in [0.15, 0.2) is 53.1 Å². The Labute approximate surface area is 179 Å². The van der Waals surface area contributed by atoms with Gasteiger partial charge >= 0.3 is 5.97 Å². The second-order valence-electron chi connectivity index (χ2n) is 9.32. The van der Waals surface area contributed by atoms with Gasteiger partial charge in [-0.1, -0.05) is 55.4 Å². The average molecular weight is 421 g/mol. The summed E-state index contributed by atoms with van der Waals surface area (Å²) in [6, 6.07) is 14.5. The predicted molar refractivity (Wildman–Crippen MR) is 112 cm³/mol. The van der Waals surface area contributed by atoms with Crippen LogP contribution >= 0.6 is 0 Å². The van der Waals surface area contributed by atoms with Crippen LogP contribution in [-0.4, -0.2) is 39.2 Å². The van der Waals surface area contributed by atoms with Crippen molar-refractivity contribution in [2.24, 2.45) is 11.3 Å². The van der Waals surface area contributed by atoms with Gasteiger partial charge in [0.05, 0.1) is 11.3 Å². The van der Waals surface area contributed by atoms with Gasteiger partial charge in [0.2, 0.25) is 11.7 Å². The van der Waals surface area contributed by atoms with E-state index in [1.54, 1.807) is 12.1 Å². The fraction of sp³-hybridized carbons (Fsp3) is 0.375. The van der Waals surface area contributed by atoms with E-state index in [4.69, 9.17) is 14.6 Å². The molecule has 1 aliphatic heterocycles. The van der Waals surface area contributed by atoms with E-state index in [0.717, 1.165) is 29.7 Å². The minimum atomic E-state index is -0.725. The Balaban J connectivity index is 1.33. The zero-order chi connectivity index (χ0) is 21.8. The number of carboxylic acid groups (broad SMARTS) is 1. The first-order valence-corrected chi connectivity index (χ1v) is 10.4. The molecule has 2 fully saturated rings. The molecule has 1 atom stereocenters. The molecule has 1 saturated carbocycles. The molecule has 7 heteroatoms. The van der Waals surface area contributed by atoms with E-state index in [2.05, 4.69) is 23.9 Å². The van der Waals surface area contributed by atoms with Gasteiger partial charge < -0.3 is 9.63 Å². The lowest BCUT2D eigenvalue weighted by molar-refractivity contribution is -0.147. The molecular formula is C24H24FN3O3. The number of aliphatic carboxylic acids is 1. The minimum absolute atomic E-state index is 0.0521. The molecule has 1 unspecified atom stereocenters. The third kappa shape index (κ3) is 3.33. The lowest BCUT2D eigenvalue weighted by Gasteiger charge is -2.36. The SMILES string of the molecule is CC1(C)CC1(c1ccc(F)cc1)c1nc(-c2ccc(CN3CC(C(=O)O)C3)cc2)no1. The molecule has 0 spiro atoms. The molecular weight excluding hydrogens is 397 g/mol. The van der Waals surface area contributed by atoms with Crippen molar-refractivity contribution in [2.75, 3.05) is 13.1 Å². The standard InChI is InChI=1S/C24H24FN3O3/c1-23(2)14-24(23,18-7-9-19(25)10-8-18)22-26-20(27-31-22)16-5-3-15(4-6-16)11-28-12-17(13-28)21(29)30/h3-10,17H,11-14H2,1-2H3,(H,29,30). The maximum absolute atomic E-state index is 13.4. The van der Waals surface area contributed by atoms with E-state index in [-0.39, 0.29) is 17.2 Å². The second-order valence-corrected chi connectivity index (χ2v) is 9.32. The summed E-state index contributed by atoms with van der Waals surface area (Å²) in [5, 5.41) is 13.2. The van der Waals surface area contributed by atoms with Crippen molar-refractivity contribution >= 4 is 5.97 Å². The van der Waals surface area contributed by atoms with Crippen LogP contribution in [-0.2, 0) is 16.8 Å². The fourth-order valence-electron chi connectivity index (χ4n) is 4.72. The Morgan fingerprint density at radius 1 is 1.16 bits per heavy atom. The molecule has 0 amide bonds. The molecule has 160 valence electrons. The Hall–Kier alpha value is -3.06. The fourth-order valence-corrected chi connectivity index (χ4v) is 4.72. The number of carboxylic acids is 1. The summed E-state index contributed by atoms with van der Waals surface area (Å²) in [5.74, 6) is -0.154. The quantitative estimate of drug-likeness (QED) is 0.645. The van der Waals surface area contributed by atoms with E-state index in [1.165, 1.54) is 12.1 Å². The van der Waals surface area contributed by atoms with Gasteiger partial charge in [-0.25, -0.2) is 4.39 Å². The lowest BCUT2D eigenvalue weighted by Crippen LogP contribution is -2.49. The van der Waals surface area contributed by atoms with Crippen LogP contribution in [0.5, 0.6) is 0 Å². The molecule has 0 bridgehead atoms. The number of carbonyl (C=O) groups is 1. The highest BCUT2D eigenvalue weighted by Crippen LogP contribution is 2.67. The number of hydrogen-bond acceptors (Lipinski definition) is 5. The lowest BCUT2D eigenvalue weighted by atomic mass is 9.87. The van der Waals surface area contributed by atoms with Crippen LogP contribution in [0.25, 0.3) is 11.4 Å². The Morgan fingerprint density at radius 2 is 1.81 bits per heavy atom. The summed E-state index contributed by atoms with van der Waals surface area (Å²) < 4.78 is 19.1. The van der Waals surface area contributed by atoms with E-state index in [1.807, 2.05) is 24.3 Å². The highest BCUT2D eigenvalue weighted by atomic mass is 19.1. The van der Waals surface area contributed by atoms with Crippen LogP contribution in [0.3, 0.4) is 0 Å². The highest BCUT2D eigenvalue weighted by Gasteiger charge is 2.66. The van der Waals surface area contributed by atoms with Crippen molar-refractivity contribution < 1.29 is 18.8 Å². The van der Waals surface area contributed by atoms with Gasteiger partial charge in [0.15, 0.2) is 0 Å². The summed E-state index contributed by atoms with van der Waals surface area (Å²) in [7, 11) is 0.